The molecule has 1 aromatic heterocycles. The van der Waals surface area contributed by atoms with E-state index >= 15 is 0 Å². The van der Waals surface area contributed by atoms with Gasteiger partial charge in [-0.1, -0.05) is 6.07 Å². The fraction of sp³-hybridized carbons (Fsp3) is 0.353. The van der Waals surface area contributed by atoms with Crippen LogP contribution in [0.2, 0.25) is 0 Å². The molecule has 0 saturated heterocycles. The Morgan fingerprint density at radius 1 is 1.22 bits per heavy atom. The normalized spacial score (nSPS) is 11.6. The summed E-state index contributed by atoms with van der Waals surface area (Å²) in [5.41, 5.74) is 0.809. The van der Waals surface area contributed by atoms with Gasteiger partial charge in [0.05, 0.1) is 14.2 Å². The highest BCUT2D eigenvalue weighted by Crippen LogP contribution is 2.29. The molecule has 2 aromatic rings. The predicted octanol–water partition coefficient (Wildman–Crippen LogP) is 2.92. The van der Waals surface area contributed by atoms with E-state index in [0.29, 0.717) is 18.0 Å². The summed E-state index contributed by atoms with van der Waals surface area (Å²) in [7, 11) is 3.18. The van der Waals surface area contributed by atoms with Gasteiger partial charge in [-0.2, -0.15) is 0 Å². The highest BCUT2D eigenvalue weighted by molar-refractivity contribution is 7.09. The first kappa shape index (κ1) is 17.1. The molecule has 1 heterocycles. The van der Waals surface area contributed by atoms with Gasteiger partial charge in [0.15, 0.2) is 11.5 Å². The molecule has 0 aliphatic rings. The number of methoxy groups -OCH3 is 2. The molecular formula is C17H22N2O3S. The van der Waals surface area contributed by atoms with Crippen LogP contribution in [0, 0.1) is 0 Å². The Morgan fingerprint density at radius 2 is 2.00 bits per heavy atom. The maximum atomic E-state index is 12.1. The fourth-order valence-corrected chi connectivity index (χ4v) is 2.87. The van der Waals surface area contributed by atoms with Crippen molar-refractivity contribution in [3.8, 4) is 11.5 Å². The summed E-state index contributed by atoms with van der Waals surface area (Å²) in [6, 6.07) is 9.23. The second kappa shape index (κ2) is 8.43. The van der Waals surface area contributed by atoms with E-state index in [-0.39, 0.29) is 11.9 Å². The Hall–Kier alpha value is -2.21. The number of thiophene rings is 1. The van der Waals surface area contributed by atoms with Crippen molar-refractivity contribution < 1.29 is 14.3 Å². The number of rotatable bonds is 8. The van der Waals surface area contributed by atoms with Crippen LogP contribution in [0.4, 0.5) is 5.69 Å². The molecule has 5 nitrogen and oxygen atoms in total. The van der Waals surface area contributed by atoms with Gasteiger partial charge in [-0.15, -0.1) is 11.3 Å². The predicted molar refractivity (Wildman–Crippen MR) is 93.7 cm³/mol. The zero-order valence-electron chi connectivity index (χ0n) is 13.6. The summed E-state index contributed by atoms with van der Waals surface area (Å²) in [4.78, 5) is 13.4. The molecule has 0 aliphatic carbocycles. The Kier molecular flexibility index (Phi) is 6.29. The number of benzene rings is 1. The first-order valence-corrected chi connectivity index (χ1v) is 8.30. The van der Waals surface area contributed by atoms with Crippen molar-refractivity contribution in [2.24, 2.45) is 0 Å². The van der Waals surface area contributed by atoms with E-state index in [1.165, 1.54) is 4.88 Å². The van der Waals surface area contributed by atoms with Crippen molar-refractivity contribution in [1.82, 2.24) is 5.32 Å². The lowest BCUT2D eigenvalue weighted by Gasteiger charge is -2.16. The van der Waals surface area contributed by atoms with Crippen LogP contribution in [0.1, 0.15) is 11.8 Å². The van der Waals surface area contributed by atoms with Gasteiger partial charge in [0.1, 0.15) is 6.04 Å². The van der Waals surface area contributed by atoms with Gasteiger partial charge in [0, 0.05) is 23.2 Å². The van der Waals surface area contributed by atoms with Gasteiger partial charge in [-0.3, -0.25) is 4.79 Å². The lowest BCUT2D eigenvalue weighted by molar-refractivity contribution is -0.121. The van der Waals surface area contributed by atoms with Crippen molar-refractivity contribution in [3.63, 3.8) is 0 Å². The summed E-state index contributed by atoms with van der Waals surface area (Å²) in [5, 5.41) is 8.15. The monoisotopic (exact) mass is 334 g/mol. The molecule has 0 radical (unpaired) electrons. The average molecular weight is 334 g/mol. The molecule has 0 saturated carbocycles. The minimum atomic E-state index is -0.337. The van der Waals surface area contributed by atoms with E-state index in [0.717, 1.165) is 12.1 Å². The Bertz CT molecular complexity index is 629. The minimum absolute atomic E-state index is 0.0312. The van der Waals surface area contributed by atoms with E-state index < -0.39 is 0 Å². The molecule has 1 unspecified atom stereocenters. The topological polar surface area (TPSA) is 59.6 Å². The number of hydrogen-bond acceptors (Lipinski definition) is 5. The molecule has 2 rings (SSSR count). The SMILES string of the molecule is COc1ccc(NC(C)C(=O)NCCc2cccs2)cc1OC. The zero-order valence-corrected chi connectivity index (χ0v) is 14.4. The summed E-state index contributed by atoms with van der Waals surface area (Å²) in [5.74, 6) is 1.25. The van der Waals surface area contributed by atoms with Gasteiger partial charge < -0.3 is 20.1 Å². The third-order valence-corrected chi connectivity index (χ3v) is 4.35. The van der Waals surface area contributed by atoms with Crippen LogP contribution < -0.4 is 20.1 Å². The van der Waals surface area contributed by atoms with Crippen molar-refractivity contribution >= 4 is 22.9 Å². The quantitative estimate of drug-likeness (QED) is 0.779. The van der Waals surface area contributed by atoms with Crippen LogP contribution in [0.3, 0.4) is 0 Å². The lowest BCUT2D eigenvalue weighted by atomic mass is 10.2. The second-order valence-electron chi connectivity index (χ2n) is 5.06. The highest BCUT2D eigenvalue weighted by atomic mass is 32.1. The van der Waals surface area contributed by atoms with Gasteiger partial charge in [-0.05, 0) is 36.9 Å². The number of amides is 1. The summed E-state index contributed by atoms with van der Waals surface area (Å²) < 4.78 is 10.5. The summed E-state index contributed by atoms with van der Waals surface area (Å²) in [6.45, 7) is 2.47. The van der Waals surface area contributed by atoms with Crippen LogP contribution in [0.25, 0.3) is 0 Å². The fourth-order valence-electron chi connectivity index (χ4n) is 2.16. The molecule has 1 aromatic carbocycles. The molecule has 0 bridgehead atoms. The maximum absolute atomic E-state index is 12.1. The zero-order chi connectivity index (χ0) is 16.7. The van der Waals surface area contributed by atoms with Crippen molar-refractivity contribution in [1.29, 1.82) is 0 Å². The largest absolute Gasteiger partial charge is 0.493 e. The molecule has 2 N–H and O–H groups in total. The second-order valence-corrected chi connectivity index (χ2v) is 6.09. The van der Waals surface area contributed by atoms with Crippen LogP contribution in [-0.2, 0) is 11.2 Å². The smallest absolute Gasteiger partial charge is 0.242 e. The van der Waals surface area contributed by atoms with Crippen molar-refractivity contribution in [3.05, 3.63) is 40.6 Å². The van der Waals surface area contributed by atoms with Crippen LogP contribution >= 0.6 is 11.3 Å². The van der Waals surface area contributed by atoms with Crippen molar-refractivity contribution in [2.75, 3.05) is 26.1 Å². The third kappa shape index (κ3) is 4.89. The average Bonchev–Trinajstić information content (AvgIpc) is 3.07. The summed E-state index contributed by atoms with van der Waals surface area (Å²) in [6.07, 6.45) is 0.854. The molecule has 0 fully saturated rings. The minimum Gasteiger partial charge on any atom is -0.493 e. The number of nitrogens with one attached hydrogen (secondary N) is 2. The van der Waals surface area contributed by atoms with Crippen LogP contribution in [-0.4, -0.2) is 32.7 Å². The van der Waals surface area contributed by atoms with Gasteiger partial charge in [0.25, 0.3) is 0 Å². The maximum Gasteiger partial charge on any atom is 0.242 e. The highest BCUT2D eigenvalue weighted by Gasteiger charge is 2.13. The first-order valence-electron chi connectivity index (χ1n) is 7.42. The molecule has 0 spiro atoms. The molecule has 6 heteroatoms. The number of hydrogen-bond donors (Lipinski definition) is 2. The molecule has 1 amide bonds. The Morgan fingerprint density at radius 3 is 2.65 bits per heavy atom. The van der Waals surface area contributed by atoms with E-state index in [4.69, 9.17) is 9.47 Å². The first-order chi connectivity index (χ1) is 11.1. The van der Waals surface area contributed by atoms with E-state index in [1.807, 2.05) is 36.6 Å². The summed E-state index contributed by atoms with van der Waals surface area (Å²) >= 11 is 1.70. The number of ether oxygens (including phenoxy) is 2. The van der Waals surface area contributed by atoms with E-state index in [2.05, 4.69) is 16.7 Å². The van der Waals surface area contributed by atoms with Gasteiger partial charge in [0.2, 0.25) is 5.91 Å². The van der Waals surface area contributed by atoms with E-state index in [1.54, 1.807) is 25.6 Å². The number of carbonyl (C=O) groups excluding carboxylic acids is 1. The molecule has 0 aliphatic heterocycles. The standard InChI is InChI=1S/C17H22N2O3S/c1-12(17(20)18-9-8-14-5-4-10-23-14)19-13-6-7-15(21-2)16(11-13)22-3/h4-7,10-12,19H,8-9H2,1-3H3,(H,18,20). The number of anilines is 1. The van der Waals surface area contributed by atoms with E-state index in [9.17, 15) is 4.79 Å². The Balaban J connectivity index is 1.85. The molecule has 124 valence electrons. The number of carbonyl (C=O) groups is 1. The molecular weight excluding hydrogens is 312 g/mol. The van der Waals surface area contributed by atoms with Gasteiger partial charge in [-0.25, -0.2) is 0 Å². The Labute approximate surface area is 140 Å². The van der Waals surface area contributed by atoms with Crippen LogP contribution in [0.15, 0.2) is 35.7 Å². The van der Waals surface area contributed by atoms with Crippen LogP contribution in [0.5, 0.6) is 11.5 Å². The lowest BCUT2D eigenvalue weighted by Crippen LogP contribution is -2.38. The molecule has 1 atom stereocenters. The van der Waals surface area contributed by atoms with Gasteiger partial charge >= 0.3 is 0 Å². The third-order valence-electron chi connectivity index (χ3n) is 3.41. The van der Waals surface area contributed by atoms with Crippen molar-refractivity contribution in [2.45, 2.75) is 19.4 Å². The molecule has 23 heavy (non-hydrogen) atoms.